The van der Waals surface area contributed by atoms with Gasteiger partial charge in [-0.3, -0.25) is 0 Å². The molecule has 1 aliphatic rings. The minimum Gasteiger partial charge on any atom is -0.494 e. The van der Waals surface area contributed by atoms with Gasteiger partial charge in [0.1, 0.15) is 19.1 Å². The van der Waals surface area contributed by atoms with Gasteiger partial charge in [0.25, 0.3) is 0 Å². The Morgan fingerprint density at radius 2 is 2.38 bits per heavy atom. The van der Waals surface area contributed by atoms with Gasteiger partial charge in [0.2, 0.25) is 0 Å². The predicted molar refractivity (Wildman–Crippen MR) is 29.9 cm³/mol. The number of hydrogen-bond donors (Lipinski definition) is 0. The molecule has 8 heavy (non-hydrogen) atoms. The first kappa shape index (κ1) is 5.22. The predicted octanol–water partition coefficient (Wildman–Crippen LogP) is 1.41. The van der Waals surface area contributed by atoms with E-state index in [1.165, 1.54) is 12.5 Å². The topological polar surface area (TPSA) is 18.5 Å². The molecule has 2 heteroatoms. The Balaban J connectivity index is 2.51. The van der Waals surface area contributed by atoms with Crippen LogP contribution >= 0.6 is 0 Å². The molecule has 0 aromatic carbocycles. The van der Waals surface area contributed by atoms with Crippen molar-refractivity contribution >= 4 is 0 Å². The Bertz CT molecular complexity index is 124. The maximum Gasteiger partial charge on any atom is 0.125 e. The molecule has 1 aliphatic heterocycles. The van der Waals surface area contributed by atoms with Gasteiger partial charge in [0, 0.05) is 0 Å². The third-order valence-corrected chi connectivity index (χ3v) is 0.873. The molecule has 0 aliphatic carbocycles. The zero-order chi connectivity index (χ0) is 5.82. The van der Waals surface area contributed by atoms with Crippen LogP contribution in [0.3, 0.4) is 0 Å². The standard InChI is InChI=1S/C6H8O2/c1-6-2-3-7-4-5-8-6/h2,4-5H,3H2,1H3. The SMILES string of the molecule is CC1=CCOC=CO1. The van der Waals surface area contributed by atoms with E-state index >= 15 is 0 Å². The summed E-state index contributed by atoms with van der Waals surface area (Å²) in [5.74, 6) is 0.888. The average Bonchev–Trinajstić information content (AvgIpc) is 1.94. The van der Waals surface area contributed by atoms with E-state index in [2.05, 4.69) is 0 Å². The molecule has 0 radical (unpaired) electrons. The average molecular weight is 112 g/mol. The monoisotopic (exact) mass is 112 g/mol. The fourth-order valence-electron chi connectivity index (χ4n) is 0.444. The van der Waals surface area contributed by atoms with Crippen LogP contribution in [0.2, 0.25) is 0 Å². The van der Waals surface area contributed by atoms with Crippen molar-refractivity contribution in [2.24, 2.45) is 0 Å². The molecule has 0 atom stereocenters. The van der Waals surface area contributed by atoms with E-state index < -0.39 is 0 Å². The summed E-state index contributed by atoms with van der Waals surface area (Å²) in [5, 5.41) is 0. The van der Waals surface area contributed by atoms with Gasteiger partial charge in [-0.05, 0) is 13.0 Å². The molecular formula is C6H8O2. The lowest BCUT2D eigenvalue weighted by molar-refractivity contribution is 0.283. The van der Waals surface area contributed by atoms with Gasteiger partial charge in [-0.15, -0.1) is 0 Å². The van der Waals surface area contributed by atoms with Crippen LogP contribution in [0.1, 0.15) is 6.92 Å². The highest BCUT2D eigenvalue weighted by Gasteiger charge is 1.88. The van der Waals surface area contributed by atoms with E-state index in [9.17, 15) is 0 Å². The van der Waals surface area contributed by atoms with E-state index in [4.69, 9.17) is 9.47 Å². The van der Waals surface area contributed by atoms with Crippen LogP contribution in [0.5, 0.6) is 0 Å². The molecule has 0 unspecified atom stereocenters. The van der Waals surface area contributed by atoms with Crippen molar-refractivity contribution in [3.8, 4) is 0 Å². The molecular weight excluding hydrogens is 104 g/mol. The van der Waals surface area contributed by atoms with Gasteiger partial charge < -0.3 is 9.47 Å². The summed E-state index contributed by atoms with van der Waals surface area (Å²) in [6, 6.07) is 0. The van der Waals surface area contributed by atoms with E-state index in [0.29, 0.717) is 6.61 Å². The van der Waals surface area contributed by atoms with Crippen molar-refractivity contribution in [2.75, 3.05) is 6.61 Å². The summed E-state index contributed by atoms with van der Waals surface area (Å²) in [5.41, 5.74) is 0. The van der Waals surface area contributed by atoms with Crippen molar-refractivity contribution in [1.29, 1.82) is 0 Å². The van der Waals surface area contributed by atoms with Gasteiger partial charge in [-0.25, -0.2) is 0 Å². The van der Waals surface area contributed by atoms with E-state index in [0.717, 1.165) is 5.76 Å². The second-order valence-corrected chi connectivity index (χ2v) is 1.54. The summed E-state index contributed by atoms with van der Waals surface area (Å²) < 4.78 is 9.84. The summed E-state index contributed by atoms with van der Waals surface area (Å²) in [6.45, 7) is 2.50. The minimum absolute atomic E-state index is 0.613. The number of allylic oxidation sites excluding steroid dienone is 1. The summed E-state index contributed by atoms with van der Waals surface area (Å²) in [6.07, 6.45) is 4.94. The molecule has 0 saturated carbocycles. The number of rotatable bonds is 0. The van der Waals surface area contributed by atoms with Gasteiger partial charge in [-0.1, -0.05) is 0 Å². The van der Waals surface area contributed by atoms with Crippen molar-refractivity contribution in [3.05, 3.63) is 24.4 Å². The van der Waals surface area contributed by atoms with Gasteiger partial charge >= 0.3 is 0 Å². The lowest BCUT2D eigenvalue weighted by Gasteiger charge is -1.91. The summed E-state index contributed by atoms with van der Waals surface area (Å²) in [4.78, 5) is 0. The quantitative estimate of drug-likeness (QED) is 0.471. The summed E-state index contributed by atoms with van der Waals surface area (Å²) in [7, 11) is 0. The van der Waals surface area contributed by atoms with Crippen LogP contribution in [0, 0.1) is 0 Å². The Morgan fingerprint density at radius 1 is 1.50 bits per heavy atom. The maximum absolute atomic E-state index is 4.96. The molecule has 0 amide bonds. The van der Waals surface area contributed by atoms with E-state index in [1.807, 2.05) is 13.0 Å². The number of hydrogen-bond acceptors (Lipinski definition) is 2. The molecule has 0 spiro atoms. The highest BCUT2D eigenvalue weighted by Crippen LogP contribution is 1.99. The first-order chi connectivity index (χ1) is 3.89. The highest BCUT2D eigenvalue weighted by atomic mass is 16.5. The third kappa shape index (κ3) is 1.30. The molecule has 0 bridgehead atoms. The zero-order valence-corrected chi connectivity index (χ0v) is 4.76. The Kier molecular flexibility index (Phi) is 1.57. The normalized spacial score (nSPS) is 17.9. The Hall–Kier alpha value is -0.920. The molecule has 0 aromatic rings. The maximum atomic E-state index is 4.96. The second kappa shape index (κ2) is 2.40. The van der Waals surface area contributed by atoms with Crippen LogP contribution in [0.15, 0.2) is 24.4 Å². The fourth-order valence-corrected chi connectivity index (χ4v) is 0.444. The van der Waals surface area contributed by atoms with Gasteiger partial charge in [0.05, 0.1) is 5.76 Å². The van der Waals surface area contributed by atoms with Crippen molar-refractivity contribution < 1.29 is 9.47 Å². The second-order valence-electron chi connectivity index (χ2n) is 1.54. The zero-order valence-electron chi connectivity index (χ0n) is 4.76. The number of ether oxygens (including phenoxy) is 2. The first-order valence-electron chi connectivity index (χ1n) is 2.49. The highest BCUT2D eigenvalue weighted by molar-refractivity contribution is 4.93. The Labute approximate surface area is 48.4 Å². The van der Waals surface area contributed by atoms with Crippen molar-refractivity contribution in [3.63, 3.8) is 0 Å². The fraction of sp³-hybridized carbons (Fsp3) is 0.333. The molecule has 1 heterocycles. The van der Waals surface area contributed by atoms with Gasteiger partial charge in [0.15, 0.2) is 0 Å². The molecule has 0 saturated heterocycles. The molecule has 1 rings (SSSR count). The molecule has 44 valence electrons. The van der Waals surface area contributed by atoms with Crippen LogP contribution < -0.4 is 0 Å². The molecule has 0 aromatic heterocycles. The third-order valence-electron chi connectivity index (χ3n) is 0.873. The van der Waals surface area contributed by atoms with Crippen molar-refractivity contribution in [2.45, 2.75) is 6.92 Å². The lowest BCUT2D eigenvalue weighted by Crippen LogP contribution is -1.79. The molecule has 0 fully saturated rings. The summed E-state index contributed by atoms with van der Waals surface area (Å²) >= 11 is 0. The molecule has 0 N–H and O–H groups in total. The first-order valence-corrected chi connectivity index (χ1v) is 2.49. The lowest BCUT2D eigenvalue weighted by atomic mass is 10.5. The van der Waals surface area contributed by atoms with Crippen LogP contribution in [0.25, 0.3) is 0 Å². The Morgan fingerprint density at radius 3 is 3.25 bits per heavy atom. The van der Waals surface area contributed by atoms with Gasteiger partial charge in [-0.2, -0.15) is 0 Å². The van der Waals surface area contributed by atoms with Crippen LogP contribution in [0.4, 0.5) is 0 Å². The molecule has 2 nitrogen and oxygen atoms in total. The van der Waals surface area contributed by atoms with E-state index in [-0.39, 0.29) is 0 Å². The smallest absolute Gasteiger partial charge is 0.125 e. The van der Waals surface area contributed by atoms with E-state index in [1.54, 1.807) is 0 Å². The van der Waals surface area contributed by atoms with Crippen LogP contribution in [-0.2, 0) is 9.47 Å². The van der Waals surface area contributed by atoms with Crippen LogP contribution in [-0.4, -0.2) is 6.61 Å². The minimum atomic E-state index is 0.613. The van der Waals surface area contributed by atoms with Crippen molar-refractivity contribution in [1.82, 2.24) is 0 Å². The largest absolute Gasteiger partial charge is 0.494 e.